The van der Waals surface area contributed by atoms with Gasteiger partial charge in [-0.1, -0.05) is 25.4 Å². The van der Waals surface area contributed by atoms with Gasteiger partial charge in [0.25, 0.3) is 0 Å². The van der Waals surface area contributed by atoms with Crippen LogP contribution in [0.2, 0.25) is 5.02 Å². The first kappa shape index (κ1) is 20.4. The van der Waals surface area contributed by atoms with Crippen LogP contribution in [0.25, 0.3) is 0 Å². The van der Waals surface area contributed by atoms with E-state index in [1.807, 2.05) is 19.2 Å². The summed E-state index contributed by atoms with van der Waals surface area (Å²) in [4.78, 5) is 16.3. The van der Waals surface area contributed by atoms with Gasteiger partial charge >= 0.3 is 12.6 Å². The molecule has 26 heavy (non-hydrogen) atoms. The third-order valence-electron chi connectivity index (χ3n) is 3.28. The summed E-state index contributed by atoms with van der Waals surface area (Å²) >= 11 is 7.45. The first-order valence-electron chi connectivity index (χ1n) is 7.71. The van der Waals surface area contributed by atoms with Crippen molar-refractivity contribution >= 4 is 28.9 Å². The van der Waals surface area contributed by atoms with Crippen LogP contribution in [0.15, 0.2) is 17.5 Å². The SMILES string of the molecule is COc1cc(COC(=O)Cc2csc(C(C)C)n2)cc(Cl)c1OC(F)F. The molecule has 0 saturated carbocycles. The van der Waals surface area contributed by atoms with Gasteiger partial charge in [-0.25, -0.2) is 4.98 Å². The summed E-state index contributed by atoms with van der Waals surface area (Å²) in [6, 6.07) is 2.81. The standard InChI is InChI=1S/C17H18ClF2NO4S/c1-9(2)16-21-11(8-26-16)6-14(22)24-7-10-4-12(18)15(25-17(19)20)13(5-10)23-3/h4-5,8-9,17H,6-7H2,1-3H3. The van der Waals surface area contributed by atoms with E-state index in [4.69, 9.17) is 21.1 Å². The van der Waals surface area contributed by atoms with Gasteiger partial charge in [0, 0.05) is 11.3 Å². The molecule has 0 aliphatic carbocycles. The summed E-state index contributed by atoms with van der Waals surface area (Å²) in [5.41, 5.74) is 1.14. The molecule has 0 aliphatic rings. The zero-order valence-electron chi connectivity index (χ0n) is 14.4. The molecule has 0 spiro atoms. The van der Waals surface area contributed by atoms with Crippen molar-refractivity contribution in [3.05, 3.63) is 38.8 Å². The quantitative estimate of drug-likeness (QED) is 0.589. The lowest BCUT2D eigenvalue weighted by Crippen LogP contribution is -2.09. The Morgan fingerprint density at radius 3 is 2.65 bits per heavy atom. The van der Waals surface area contributed by atoms with Crippen molar-refractivity contribution in [1.29, 1.82) is 0 Å². The molecule has 5 nitrogen and oxygen atoms in total. The molecule has 1 aromatic carbocycles. The summed E-state index contributed by atoms with van der Waals surface area (Å²) in [7, 11) is 1.30. The predicted molar refractivity (Wildman–Crippen MR) is 94.3 cm³/mol. The molecule has 2 aromatic rings. The third-order valence-corrected chi connectivity index (χ3v) is 4.76. The van der Waals surface area contributed by atoms with Crippen LogP contribution in [0.1, 0.15) is 36.0 Å². The van der Waals surface area contributed by atoms with E-state index >= 15 is 0 Å². The Hall–Kier alpha value is -1.93. The van der Waals surface area contributed by atoms with Crippen LogP contribution < -0.4 is 9.47 Å². The average Bonchev–Trinajstić information content (AvgIpc) is 3.03. The molecule has 9 heteroatoms. The molecule has 0 amide bonds. The molecule has 0 saturated heterocycles. The van der Waals surface area contributed by atoms with Crippen molar-refractivity contribution in [2.24, 2.45) is 0 Å². The number of methoxy groups -OCH3 is 1. The number of alkyl halides is 2. The number of nitrogens with zero attached hydrogens (tertiary/aromatic N) is 1. The second-order valence-electron chi connectivity index (χ2n) is 5.66. The second-order valence-corrected chi connectivity index (χ2v) is 6.95. The number of hydrogen-bond donors (Lipinski definition) is 0. The lowest BCUT2D eigenvalue weighted by atomic mass is 10.2. The van der Waals surface area contributed by atoms with E-state index in [0.717, 1.165) is 5.01 Å². The Bertz CT molecular complexity index is 767. The molecule has 0 unspecified atom stereocenters. The van der Waals surface area contributed by atoms with E-state index in [1.165, 1.54) is 30.6 Å². The van der Waals surface area contributed by atoms with Crippen molar-refractivity contribution in [3.8, 4) is 11.5 Å². The number of benzene rings is 1. The van der Waals surface area contributed by atoms with E-state index in [9.17, 15) is 13.6 Å². The maximum Gasteiger partial charge on any atom is 0.387 e. The molecule has 142 valence electrons. The van der Waals surface area contributed by atoms with Gasteiger partial charge in [0.05, 0.1) is 29.3 Å². The Morgan fingerprint density at radius 1 is 1.35 bits per heavy atom. The fraction of sp³-hybridized carbons (Fsp3) is 0.412. The number of ether oxygens (including phenoxy) is 3. The lowest BCUT2D eigenvalue weighted by Gasteiger charge is -2.13. The van der Waals surface area contributed by atoms with Crippen LogP contribution >= 0.6 is 22.9 Å². The number of halogens is 3. The first-order valence-corrected chi connectivity index (χ1v) is 8.97. The third kappa shape index (κ3) is 5.54. The Labute approximate surface area is 158 Å². The topological polar surface area (TPSA) is 57.7 Å². The minimum Gasteiger partial charge on any atom is -0.493 e. The Balaban J connectivity index is 1.99. The van der Waals surface area contributed by atoms with Crippen LogP contribution in [-0.2, 0) is 22.6 Å². The normalized spacial score (nSPS) is 11.1. The van der Waals surface area contributed by atoms with Gasteiger partial charge in [-0.3, -0.25) is 4.79 Å². The van der Waals surface area contributed by atoms with Crippen molar-refractivity contribution in [2.45, 2.75) is 39.4 Å². The van der Waals surface area contributed by atoms with Crippen molar-refractivity contribution < 1.29 is 27.8 Å². The van der Waals surface area contributed by atoms with Crippen LogP contribution in [0.5, 0.6) is 11.5 Å². The Morgan fingerprint density at radius 2 is 2.08 bits per heavy atom. The lowest BCUT2D eigenvalue weighted by molar-refractivity contribution is -0.144. The minimum atomic E-state index is -3.03. The first-order chi connectivity index (χ1) is 12.3. The smallest absolute Gasteiger partial charge is 0.387 e. The molecular weight excluding hydrogens is 388 g/mol. The van der Waals surface area contributed by atoms with Gasteiger partial charge in [-0.2, -0.15) is 8.78 Å². The highest BCUT2D eigenvalue weighted by Crippen LogP contribution is 2.37. The van der Waals surface area contributed by atoms with Gasteiger partial charge in [0.2, 0.25) is 0 Å². The number of rotatable bonds is 8. The summed E-state index contributed by atoms with van der Waals surface area (Å²) < 4.78 is 39.4. The largest absolute Gasteiger partial charge is 0.493 e. The van der Waals surface area contributed by atoms with Gasteiger partial charge < -0.3 is 14.2 Å². The Kier molecular flexibility index (Phi) is 7.16. The van der Waals surface area contributed by atoms with Gasteiger partial charge in [0.1, 0.15) is 6.61 Å². The predicted octanol–water partition coefficient (Wildman–Crippen LogP) is 4.82. The number of carbonyl (C=O) groups excluding carboxylic acids is 1. The highest BCUT2D eigenvalue weighted by molar-refractivity contribution is 7.09. The number of thiazole rings is 1. The number of carbonyl (C=O) groups is 1. The number of hydrogen-bond acceptors (Lipinski definition) is 6. The molecule has 0 aliphatic heterocycles. The number of esters is 1. The van der Waals surface area contributed by atoms with E-state index in [-0.39, 0.29) is 29.5 Å². The van der Waals surface area contributed by atoms with E-state index < -0.39 is 12.6 Å². The molecule has 1 aromatic heterocycles. The number of aromatic nitrogens is 1. The van der Waals surface area contributed by atoms with Gasteiger partial charge in [-0.15, -0.1) is 11.3 Å². The van der Waals surface area contributed by atoms with Crippen LogP contribution in [0, 0.1) is 0 Å². The van der Waals surface area contributed by atoms with Crippen molar-refractivity contribution in [1.82, 2.24) is 4.98 Å². The monoisotopic (exact) mass is 405 g/mol. The van der Waals surface area contributed by atoms with E-state index in [1.54, 1.807) is 0 Å². The molecule has 1 heterocycles. The molecule has 0 bridgehead atoms. The van der Waals surface area contributed by atoms with Crippen LogP contribution in [-0.4, -0.2) is 24.7 Å². The summed E-state index contributed by atoms with van der Waals surface area (Å²) in [5.74, 6) is -0.380. The summed E-state index contributed by atoms with van der Waals surface area (Å²) in [5, 5.41) is 2.73. The average molecular weight is 406 g/mol. The fourth-order valence-electron chi connectivity index (χ4n) is 2.09. The molecule has 0 N–H and O–H groups in total. The zero-order valence-corrected chi connectivity index (χ0v) is 16.0. The van der Waals surface area contributed by atoms with Crippen LogP contribution in [0.3, 0.4) is 0 Å². The molecule has 2 rings (SSSR count). The summed E-state index contributed by atoms with van der Waals surface area (Å²) in [6.07, 6.45) is 0.0562. The fourth-order valence-corrected chi connectivity index (χ4v) is 3.20. The molecular formula is C17H18ClF2NO4S. The van der Waals surface area contributed by atoms with Crippen molar-refractivity contribution in [2.75, 3.05) is 7.11 Å². The maximum absolute atomic E-state index is 12.4. The highest BCUT2D eigenvalue weighted by Gasteiger charge is 2.17. The molecule has 0 atom stereocenters. The maximum atomic E-state index is 12.4. The molecule has 0 radical (unpaired) electrons. The zero-order chi connectivity index (χ0) is 19.3. The van der Waals surface area contributed by atoms with E-state index in [0.29, 0.717) is 17.2 Å². The summed E-state index contributed by atoms with van der Waals surface area (Å²) in [6.45, 7) is 0.947. The van der Waals surface area contributed by atoms with E-state index in [2.05, 4.69) is 9.72 Å². The van der Waals surface area contributed by atoms with Gasteiger partial charge in [-0.05, 0) is 17.7 Å². The highest BCUT2D eigenvalue weighted by atomic mass is 35.5. The van der Waals surface area contributed by atoms with Crippen molar-refractivity contribution in [3.63, 3.8) is 0 Å². The molecule has 0 fully saturated rings. The second kappa shape index (κ2) is 9.14. The minimum absolute atomic E-state index is 0.0323. The van der Waals surface area contributed by atoms with Crippen LogP contribution in [0.4, 0.5) is 8.78 Å². The van der Waals surface area contributed by atoms with Gasteiger partial charge in [0.15, 0.2) is 11.5 Å².